The van der Waals surface area contributed by atoms with E-state index in [0.717, 1.165) is 5.75 Å². The molecule has 14 heavy (non-hydrogen) atoms. The summed E-state index contributed by atoms with van der Waals surface area (Å²) in [7, 11) is 1.61. The second-order valence-corrected chi connectivity index (χ2v) is 3.18. The van der Waals surface area contributed by atoms with E-state index in [1.165, 1.54) is 0 Å². The average molecular weight is 195 g/mol. The van der Waals surface area contributed by atoms with E-state index in [0.29, 0.717) is 24.7 Å². The standard InChI is InChI=1S/C10H13NO3/c1-12-7-2-3-10(9(11)4-7)14-8-5-13-6-8/h2-4,8H,5-6,11H2,1H3. The van der Waals surface area contributed by atoms with Crippen molar-refractivity contribution in [3.8, 4) is 11.5 Å². The monoisotopic (exact) mass is 195 g/mol. The summed E-state index contributed by atoms with van der Waals surface area (Å²) in [6, 6.07) is 5.38. The van der Waals surface area contributed by atoms with E-state index in [2.05, 4.69) is 0 Å². The molecule has 76 valence electrons. The molecule has 0 aromatic heterocycles. The zero-order chi connectivity index (χ0) is 9.97. The molecule has 0 radical (unpaired) electrons. The van der Waals surface area contributed by atoms with Gasteiger partial charge in [0, 0.05) is 6.07 Å². The highest BCUT2D eigenvalue weighted by Crippen LogP contribution is 2.27. The molecule has 0 saturated carbocycles. The van der Waals surface area contributed by atoms with Crippen molar-refractivity contribution in [3.05, 3.63) is 18.2 Å². The summed E-state index contributed by atoms with van der Waals surface area (Å²) in [5.41, 5.74) is 6.37. The Balaban J connectivity index is 2.09. The van der Waals surface area contributed by atoms with E-state index in [9.17, 15) is 0 Å². The minimum atomic E-state index is 0.144. The van der Waals surface area contributed by atoms with E-state index in [1.807, 2.05) is 12.1 Å². The molecule has 0 aliphatic carbocycles. The zero-order valence-electron chi connectivity index (χ0n) is 8.03. The molecular weight excluding hydrogens is 182 g/mol. The molecule has 2 N–H and O–H groups in total. The molecule has 1 fully saturated rings. The maximum Gasteiger partial charge on any atom is 0.145 e. The van der Waals surface area contributed by atoms with Crippen LogP contribution in [0.3, 0.4) is 0 Å². The molecule has 0 atom stereocenters. The first-order valence-corrected chi connectivity index (χ1v) is 4.47. The molecule has 1 heterocycles. The summed E-state index contributed by atoms with van der Waals surface area (Å²) in [6.45, 7) is 1.29. The van der Waals surface area contributed by atoms with Gasteiger partial charge in [-0.1, -0.05) is 0 Å². The Hall–Kier alpha value is -1.42. The fourth-order valence-corrected chi connectivity index (χ4v) is 1.22. The number of methoxy groups -OCH3 is 1. The SMILES string of the molecule is COc1ccc(OC2COC2)c(N)c1. The molecule has 4 heteroatoms. The fraction of sp³-hybridized carbons (Fsp3) is 0.400. The molecule has 4 nitrogen and oxygen atoms in total. The van der Waals surface area contributed by atoms with Crippen molar-refractivity contribution in [2.45, 2.75) is 6.10 Å². The van der Waals surface area contributed by atoms with Crippen molar-refractivity contribution in [1.29, 1.82) is 0 Å². The van der Waals surface area contributed by atoms with Crippen LogP contribution >= 0.6 is 0 Å². The maximum absolute atomic E-state index is 5.78. The Labute approximate surface area is 82.6 Å². The van der Waals surface area contributed by atoms with Crippen molar-refractivity contribution in [3.63, 3.8) is 0 Å². The first-order chi connectivity index (χ1) is 6.79. The maximum atomic E-state index is 5.78. The molecular formula is C10H13NO3. The molecule has 1 aromatic carbocycles. The minimum Gasteiger partial charge on any atom is -0.497 e. The molecule has 1 aromatic rings. The van der Waals surface area contributed by atoms with Gasteiger partial charge in [-0.2, -0.15) is 0 Å². The lowest BCUT2D eigenvalue weighted by atomic mass is 10.2. The van der Waals surface area contributed by atoms with Gasteiger partial charge in [0.25, 0.3) is 0 Å². The predicted molar refractivity (Wildman–Crippen MR) is 52.6 cm³/mol. The van der Waals surface area contributed by atoms with E-state index in [-0.39, 0.29) is 6.10 Å². The minimum absolute atomic E-state index is 0.144. The van der Waals surface area contributed by atoms with Crippen LogP contribution in [0.25, 0.3) is 0 Å². The number of benzene rings is 1. The summed E-state index contributed by atoms with van der Waals surface area (Å²) in [5, 5.41) is 0. The van der Waals surface area contributed by atoms with Crippen LogP contribution in [0.4, 0.5) is 5.69 Å². The summed E-state index contributed by atoms with van der Waals surface area (Å²) in [6.07, 6.45) is 0.144. The van der Waals surface area contributed by atoms with E-state index in [4.69, 9.17) is 19.9 Å². The average Bonchev–Trinajstić information content (AvgIpc) is 2.13. The highest BCUT2D eigenvalue weighted by atomic mass is 16.6. The lowest BCUT2D eigenvalue weighted by molar-refractivity contribution is -0.0793. The van der Waals surface area contributed by atoms with Crippen LogP contribution in [0.2, 0.25) is 0 Å². The molecule has 0 spiro atoms. The van der Waals surface area contributed by atoms with Crippen LogP contribution in [0.1, 0.15) is 0 Å². The molecule has 0 unspecified atom stereocenters. The third kappa shape index (κ3) is 1.75. The Morgan fingerprint density at radius 2 is 2.21 bits per heavy atom. The van der Waals surface area contributed by atoms with Crippen molar-refractivity contribution < 1.29 is 14.2 Å². The number of hydrogen-bond acceptors (Lipinski definition) is 4. The van der Waals surface area contributed by atoms with E-state index >= 15 is 0 Å². The lowest BCUT2D eigenvalue weighted by Gasteiger charge is -2.27. The Kier molecular flexibility index (Phi) is 2.45. The van der Waals surface area contributed by atoms with Crippen molar-refractivity contribution in [2.75, 3.05) is 26.1 Å². The van der Waals surface area contributed by atoms with Crippen molar-refractivity contribution in [2.24, 2.45) is 0 Å². The number of nitrogen functional groups attached to an aromatic ring is 1. The Morgan fingerprint density at radius 3 is 2.71 bits per heavy atom. The second kappa shape index (κ2) is 3.75. The highest BCUT2D eigenvalue weighted by molar-refractivity contribution is 5.56. The number of rotatable bonds is 3. The molecule has 2 rings (SSSR count). The molecule has 0 bridgehead atoms. The van der Waals surface area contributed by atoms with Gasteiger partial charge >= 0.3 is 0 Å². The Bertz CT molecular complexity index is 323. The van der Waals surface area contributed by atoms with E-state index < -0.39 is 0 Å². The van der Waals surface area contributed by atoms with E-state index in [1.54, 1.807) is 13.2 Å². The largest absolute Gasteiger partial charge is 0.497 e. The smallest absolute Gasteiger partial charge is 0.145 e. The summed E-state index contributed by atoms with van der Waals surface area (Å²) < 4.78 is 15.6. The third-order valence-corrected chi connectivity index (χ3v) is 2.12. The summed E-state index contributed by atoms with van der Waals surface area (Å²) in [4.78, 5) is 0. The van der Waals surface area contributed by atoms with Crippen molar-refractivity contribution >= 4 is 5.69 Å². The fourth-order valence-electron chi connectivity index (χ4n) is 1.22. The van der Waals surface area contributed by atoms with Gasteiger partial charge in [-0.3, -0.25) is 0 Å². The predicted octanol–water partition coefficient (Wildman–Crippen LogP) is 1.05. The summed E-state index contributed by atoms with van der Waals surface area (Å²) in [5.74, 6) is 1.43. The van der Waals surface area contributed by atoms with Crippen molar-refractivity contribution in [1.82, 2.24) is 0 Å². The normalized spacial score (nSPS) is 16.1. The van der Waals surface area contributed by atoms with Gasteiger partial charge in [0.15, 0.2) is 0 Å². The second-order valence-electron chi connectivity index (χ2n) is 3.18. The summed E-state index contributed by atoms with van der Waals surface area (Å²) >= 11 is 0. The first-order valence-electron chi connectivity index (χ1n) is 4.47. The van der Waals surface area contributed by atoms with Crippen LogP contribution in [0.5, 0.6) is 11.5 Å². The lowest BCUT2D eigenvalue weighted by Crippen LogP contribution is -2.38. The van der Waals surface area contributed by atoms with Gasteiger partial charge in [0.05, 0.1) is 26.0 Å². The van der Waals surface area contributed by atoms with Gasteiger partial charge < -0.3 is 19.9 Å². The van der Waals surface area contributed by atoms with Gasteiger partial charge in [-0.15, -0.1) is 0 Å². The first kappa shape index (κ1) is 9.15. The third-order valence-electron chi connectivity index (χ3n) is 2.12. The molecule has 1 aliphatic heterocycles. The number of hydrogen-bond donors (Lipinski definition) is 1. The van der Waals surface area contributed by atoms with Crippen LogP contribution in [0.15, 0.2) is 18.2 Å². The van der Waals surface area contributed by atoms with Crippen LogP contribution in [-0.4, -0.2) is 26.4 Å². The molecule has 0 amide bonds. The van der Waals surface area contributed by atoms with Gasteiger partial charge in [0.2, 0.25) is 0 Å². The molecule has 1 saturated heterocycles. The van der Waals surface area contributed by atoms with Gasteiger partial charge in [-0.05, 0) is 12.1 Å². The Morgan fingerprint density at radius 1 is 1.43 bits per heavy atom. The van der Waals surface area contributed by atoms with Crippen LogP contribution in [0, 0.1) is 0 Å². The quantitative estimate of drug-likeness (QED) is 0.732. The molecule has 1 aliphatic rings. The van der Waals surface area contributed by atoms with Crippen LogP contribution < -0.4 is 15.2 Å². The number of anilines is 1. The highest BCUT2D eigenvalue weighted by Gasteiger charge is 2.20. The van der Waals surface area contributed by atoms with Gasteiger partial charge in [-0.25, -0.2) is 0 Å². The van der Waals surface area contributed by atoms with Crippen LogP contribution in [-0.2, 0) is 4.74 Å². The van der Waals surface area contributed by atoms with Gasteiger partial charge in [0.1, 0.15) is 17.6 Å². The zero-order valence-corrected chi connectivity index (χ0v) is 8.03. The number of nitrogens with two attached hydrogens (primary N) is 1. The number of ether oxygens (including phenoxy) is 3. The topological polar surface area (TPSA) is 53.7 Å².